The molecule has 6 nitrogen and oxygen atoms in total. The van der Waals surface area contributed by atoms with Crippen LogP contribution in [0, 0.1) is 13.8 Å². The molecule has 0 saturated carbocycles. The first kappa shape index (κ1) is 17.6. The molecule has 134 valence electrons. The van der Waals surface area contributed by atoms with Crippen LogP contribution >= 0.6 is 0 Å². The first-order chi connectivity index (χ1) is 11.4. The van der Waals surface area contributed by atoms with Gasteiger partial charge in [0.25, 0.3) is 0 Å². The van der Waals surface area contributed by atoms with Crippen molar-refractivity contribution in [3.63, 3.8) is 0 Å². The highest BCUT2D eigenvalue weighted by Crippen LogP contribution is 2.27. The second-order valence-electron chi connectivity index (χ2n) is 6.86. The molecule has 3 rings (SSSR count). The summed E-state index contributed by atoms with van der Waals surface area (Å²) in [6.45, 7) is 7.39. The summed E-state index contributed by atoms with van der Waals surface area (Å²) in [5, 5.41) is 0. The minimum absolute atomic E-state index is 0.174. The number of hydrogen-bond donors (Lipinski definition) is 0. The first-order valence-corrected chi connectivity index (χ1v) is 10.2. The summed E-state index contributed by atoms with van der Waals surface area (Å²) in [7, 11) is -1.34. The fourth-order valence-electron chi connectivity index (χ4n) is 3.85. The van der Waals surface area contributed by atoms with E-state index in [9.17, 15) is 8.42 Å². The van der Waals surface area contributed by atoms with Crippen LogP contribution in [-0.2, 0) is 16.6 Å². The molecule has 0 aromatic carbocycles. The molecule has 3 heterocycles. The van der Waals surface area contributed by atoms with Gasteiger partial charge in [-0.15, -0.1) is 0 Å². The quantitative estimate of drug-likeness (QED) is 0.825. The topological polar surface area (TPSA) is 62.7 Å². The average molecular weight is 353 g/mol. The van der Waals surface area contributed by atoms with Crippen molar-refractivity contribution >= 4 is 10.0 Å². The van der Waals surface area contributed by atoms with Gasteiger partial charge in [0.15, 0.2) is 0 Å². The molecule has 0 bridgehead atoms. The molecule has 0 aliphatic carbocycles. The van der Waals surface area contributed by atoms with Gasteiger partial charge in [-0.25, -0.2) is 13.4 Å². The van der Waals surface area contributed by atoms with E-state index >= 15 is 0 Å². The van der Waals surface area contributed by atoms with Gasteiger partial charge in [0, 0.05) is 43.5 Å². The van der Waals surface area contributed by atoms with Gasteiger partial charge < -0.3 is 4.74 Å². The second kappa shape index (κ2) is 6.98. The summed E-state index contributed by atoms with van der Waals surface area (Å²) in [6.07, 6.45) is 2.58. The number of aromatic nitrogens is 1. The molecule has 0 spiro atoms. The lowest BCUT2D eigenvalue weighted by Gasteiger charge is -2.36. The molecule has 2 aliphatic heterocycles. The van der Waals surface area contributed by atoms with Crippen molar-refractivity contribution in [3.8, 4) is 5.88 Å². The Morgan fingerprint density at radius 3 is 2.54 bits per heavy atom. The summed E-state index contributed by atoms with van der Waals surface area (Å²) < 4.78 is 31.4. The smallest absolute Gasteiger partial charge is 0.218 e. The highest BCUT2D eigenvalue weighted by Gasteiger charge is 2.36. The Morgan fingerprint density at radius 2 is 1.96 bits per heavy atom. The lowest BCUT2D eigenvalue weighted by molar-refractivity contribution is 0.156. The first-order valence-electron chi connectivity index (χ1n) is 8.63. The maximum absolute atomic E-state index is 12.1. The minimum atomic E-state index is -3.00. The van der Waals surface area contributed by atoms with Crippen molar-refractivity contribution in [3.05, 3.63) is 22.9 Å². The Hall–Kier alpha value is -1.18. The molecule has 24 heavy (non-hydrogen) atoms. The standard InChI is InChI=1S/C17H27N3O3S/c1-13-11-14(2)18-17(23-3)16(13)12-19-8-5-15(6-9-19)20-7-4-10-24(20,21)22/h11,15H,4-10,12H2,1-3H3. The van der Waals surface area contributed by atoms with Crippen molar-refractivity contribution in [2.45, 2.75) is 45.7 Å². The predicted molar refractivity (Wildman–Crippen MR) is 93.7 cm³/mol. The van der Waals surface area contributed by atoms with E-state index in [0.717, 1.165) is 50.2 Å². The molecular formula is C17H27N3O3S. The molecule has 0 amide bonds. The molecule has 2 fully saturated rings. The van der Waals surface area contributed by atoms with Crippen LogP contribution in [-0.4, -0.2) is 61.1 Å². The van der Waals surface area contributed by atoms with Crippen molar-refractivity contribution in [1.82, 2.24) is 14.2 Å². The Morgan fingerprint density at radius 1 is 1.25 bits per heavy atom. The maximum Gasteiger partial charge on any atom is 0.218 e. The zero-order valence-corrected chi connectivity index (χ0v) is 15.6. The number of likely N-dealkylation sites (tertiary alicyclic amines) is 1. The van der Waals surface area contributed by atoms with Crippen LogP contribution < -0.4 is 4.74 Å². The van der Waals surface area contributed by atoms with Gasteiger partial charge in [-0.05, 0) is 44.7 Å². The highest BCUT2D eigenvalue weighted by atomic mass is 32.2. The SMILES string of the molecule is COc1nc(C)cc(C)c1CN1CCC(N2CCCS2(=O)=O)CC1. The largest absolute Gasteiger partial charge is 0.481 e. The van der Waals surface area contributed by atoms with Crippen LogP contribution in [0.3, 0.4) is 0 Å². The Bertz CT molecular complexity index is 697. The predicted octanol–water partition coefficient (Wildman–Crippen LogP) is 1.71. The number of aryl methyl sites for hydroxylation is 2. The lowest BCUT2D eigenvalue weighted by Crippen LogP contribution is -2.45. The van der Waals surface area contributed by atoms with Crippen LogP contribution in [0.25, 0.3) is 0 Å². The number of hydrogen-bond acceptors (Lipinski definition) is 5. The molecule has 1 aromatic heterocycles. The van der Waals surface area contributed by atoms with E-state index in [2.05, 4.69) is 22.9 Å². The van der Waals surface area contributed by atoms with Gasteiger partial charge in [-0.3, -0.25) is 4.90 Å². The molecule has 0 radical (unpaired) electrons. The number of methoxy groups -OCH3 is 1. The van der Waals surface area contributed by atoms with E-state index in [0.29, 0.717) is 18.2 Å². The molecule has 7 heteroatoms. The number of pyridine rings is 1. The molecule has 0 N–H and O–H groups in total. The van der Waals surface area contributed by atoms with E-state index < -0.39 is 10.0 Å². The number of ether oxygens (including phenoxy) is 1. The number of rotatable bonds is 4. The van der Waals surface area contributed by atoms with Gasteiger partial charge in [0.1, 0.15) is 0 Å². The maximum atomic E-state index is 12.1. The van der Waals surface area contributed by atoms with E-state index in [4.69, 9.17) is 4.74 Å². The summed E-state index contributed by atoms with van der Waals surface area (Å²) in [6, 6.07) is 2.26. The third-order valence-corrected chi connectivity index (χ3v) is 7.11. The van der Waals surface area contributed by atoms with Crippen molar-refractivity contribution in [2.75, 3.05) is 32.5 Å². The highest BCUT2D eigenvalue weighted by molar-refractivity contribution is 7.89. The summed E-state index contributed by atoms with van der Waals surface area (Å²) in [4.78, 5) is 6.85. The number of nitrogens with zero attached hydrogens (tertiary/aromatic N) is 3. The fraction of sp³-hybridized carbons (Fsp3) is 0.706. The Labute approximate surface area is 144 Å². The van der Waals surface area contributed by atoms with Gasteiger partial charge in [0.2, 0.25) is 15.9 Å². The lowest BCUT2D eigenvalue weighted by atomic mass is 10.0. The normalized spacial score (nSPS) is 22.8. The van der Waals surface area contributed by atoms with Gasteiger partial charge in [-0.1, -0.05) is 0 Å². The summed E-state index contributed by atoms with van der Waals surface area (Å²) in [5.74, 6) is 1.02. The van der Waals surface area contributed by atoms with Gasteiger partial charge >= 0.3 is 0 Å². The van der Waals surface area contributed by atoms with Crippen LogP contribution in [0.1, 0.15) is 36.1 Å². The number of sulfonamides is 1. The monoisotopic (exact) mass is 353 g/mol. The van der Waals surface area contributed by atoms with E-state index in [1.807, 2.05) is 6.92 Å². The van der Waals surface area contributed by atoms with Crippen molar-refractivity contribution < 1.29 is 13.2 Å². The third kappa shape index (κ3) is 3.58. The molecule has 2 aliphatic rings. The van der Waals surface area contributed by atoms with Gasteiger partial charge in [-0.2, -0.15) is 4.31 Å². The van der Waals surface area contributed by atoms with Crippen molar-refractivity contribution in [1.29, 1.82) is 0 Å². The van der Waals surface area contributed by atoms with E-state index in [1.165, 1.54) is 5.56 Å². The summed E-state index contributed by atoms with van der Waals surface area (Å²) >= 11 is 0. The third-order valence-electron chi connectivity index (χ3n) is 5.11. The van der Waals surface area contributed by atoms with Crippen molar-refractivity contribution in [2.24, 2.45) is 0 Å². The fourth-order valence-corrected chi connectivity index (χ4v) is 5.65. The number of piperidine rings is 1. The van der Waals surface area contributed by atoms with Crippen LogP contribution in [0.4, 0.5) is 0 Å². The second-order valence-corrected chi connectivity index (χ2v) is 8.90. The minimum Gasteiger partial charge on any atom is -0.481 e. The van der Waals surface area contributed by atoms with E-state index in [1.54, 1.807) is 11.4 Å². The molecule has 1 aromatic rings. The molecule has 0 unspecified atom stereocenters. The van der Waals surface area contributed by atoms with Crippen LogP contribution in [0.5, 0.6) is 5.88 Å². The van der Waals surface area contributed by atoms with Gasteiger partial charge in [0.05, 0.1) is 12.9 Å². The van der Waals surface area contributed by atoms with E-state index in [-0.39, 0.29) is 6.04 Å². The zero-order chi connectivity index (χ0) is 17.3. The average Bonchev–Trinajstić information content (AvgIpc) is 2.89. The van der Waals surface area contributed by atoms with Crippen LogP contribution in [0.15, 0.2) is 6.07 Å². The molecule has 0 atom stereocenters. The Balaban J connectivity index is 1.64. The summed E-state index contributed by atoms with van der Waals surface area (Å²) in [5.41, 5.74) is 3.30. The molecule has 2 saturated heterocycles. The van der Waals surface area contributed by atoms with Crippen LogP contribution in [0.2, 0.25) is 0 Å². The zero-order valence-electron chi connectivity index (χ0n) is 14.8. The molecular weight excluding hydrogens is 326 g/mol. The Kier molecular flexibility index (Phi) is 5.13.